The Labute approximate surface area is 218 Å². The molecule has 0 heterocycles. The minimum Gasteiger partial charge on any atom is -0.299 e. The van der Waals surface area contributed by atoms with Crippen LogP contribution in [0.2, 0.25) is 10.0 Å². The Hall–Kier alpha value is -2.92. The zero-order valence-electron chi connectivity index (χ0n) is 18.6. The summed E-state index contributed by atoms with van der Waals surface area (Å²) in [7, 11) is -8.13. The molecule has 0 atom stereocenters. The zero-order valence-corrected chi connectivity index (χ0v) is 21.7. The van der Waals surface area contributed by atoms with Crippen LogP contribution in [0.25, 0.3) is 0 Å². The monoisotopic (exact) mass is 566 g/mol. The molecule has 0 saturated heterocycles. The summed E-state index contributed by atoms with van der Waals surface area (Å²) in [5.41, 5.74) is 0.118. The average Bonchev–Trinajstić information content (AvgIpc) is 2.81. The van der Waals surface area contributed by atoms with Crippen LogP contribution in [-0.4, -0.2) is 28.4 Å². The maximum atomic E-state index is 13.0. The van der Waals surface area contributed by atoms with E-state index in [4.69, 9.17) is 23.2 Å². The molecule has 0 aromatic heterocycles. The number of hydrogen-bond donors (Lipinski definition) is 2. The Morgan fingerprint density at radius 1 is 0.667 bits per heavy atom. The average molecular weight is 567 g/mol. The normalized spacial score (nSPS) is 15.1. The summed E-state index contributed by atoms with van der Waals surface area (Å²) < 4.78 is 56.5. The molecule has 0 spiro atoms. The van der Waals surface area contributed by atoms with Crippen LogP contribution in [0.5, 0.6) is 0 Å². The van der Waals surface area contributed by atoms with Crippen molar-refractivity contribution in [1.82, 2.24) is 0 Å². The predicted molar refractivity (Wildman–Crippen MR) is 138 cm³/mol. The standard InChI is InChI=1S/C24H20Cl2N2O6S2/c25-15-4-9-18(10-5-15)35(31,32)27-17-8-13-21(20(14-17)24-22(29)2-1-3-23(24)30)28-36(33,34)19-11-6-16(26)7-12-19/h4-14,24,27-28H,1-3H2. The van der Waals surface area contributed by atoms with Gasteiger partial charge in [0.05, 0.1) is 15.5 Å². The van der Waals surface area contributed by atoms with Crippen LogP contribution < -0.4 is 9.44 Å². The topological polar surface area (TPSA) is 126 Å². The Balaban J connectivity index is 1.75. The SMILES string of the molecule is O=C1CCCC(=O)C1c1cc(NS(=O)(=O)c2ccc(Cl)cc2)ccc1NS(=O)(=O)c1ccc(Cl)cc1. The van der Waals surface area contributed by atoms with Crippen LogP contribution in [0.3, 0.4) is 0 Å². The second kappa shape index (κ2) is 10.2. The molecule has 36 heavy (non-hydrogen) atoms. The molecule has 8 nitrogen and oxygen atoms in total. The van der Waals surface area contributed by atoms with Gasteiger partial charge in [-0.3, -0.25) is 19.0 Å². The highest BCUT2D eigenvalue weighted by atomic mass is 35.5. The van der Waals surface area contributed by atoms with Crippen molar-refractivity contribution >= 4 is 66.2 Å². The first kappa shape index (κ1) is 26.2. The second-order valence-corrected chi connectivity index (χ2v) is 12.4. The van der Waals surface area contributed by atoms with Gasteiger partial charge in [0.2, 0.25) is 0 Å². The summed E-state index contributed by atoms with van der Waals surface area (Å²) in [6.45, 7) is 0. The van der Waals surface area contributed by atoms with Crippen LogP contribution in [0.4, 0.5) is 11.4 Å². The number of nitrogens with one attached hydrogen (secondary N) is 2. The second-order valence-electron chi connectivity index (χ2n) is 8.14. The highest BCUT2D eigenvalue weighted by molar-refractivity contribution is 7.93. The molecule has 1 saturated carbocycles. The number of carbonyl (C=O) groups is 2. The smallest absolute Gasteiger partial charge is 0.261 e. The number of rotatable bonds is 7. The summed E-state index contributed by atoms with van der Waals surface area (Å²) >= 11 is 11.7. The quantitative estimate of drug-likeness (QED) is 0.387. The number of ketones is 2. The lowest BCUT2D eigenvalue weighted by Gasteiger charge is -2.23. The maximum absolute atomic E-state index is 13.0. The van der Waals surface area contributed by atoms with Crippen molar-refractivity contribution in [1.29, 1.82) is 0 Å². The summed E-state index contributed by atoms with van der Waals surface area (Å²) in [6, 6.07) is 14.9. The van der Waals surface area contributed by atoms with Crippen molar-refractivity contribution < 1.29 is 26.4 Å². The molecule has 0 unspecified atom stereocenters. The zero-order chi connectivity index (χ0) is 26.1. The van der Waals surface area contributed by atoms with E-state index in [-0.39, 0.29) is 51.1 Å². The highest BCUT2D eigenvalue weighted by Crippen LogP contribution is 2.35. The first-order valence-electron chi connectivity index (χ1n) is 10.7. The fraction of sp³-hybridized carbons (Fsp3) is 0.167. The predicted octanol–water partition coefficient (Wildman–Crippen LogP) is 5.00. The molecule has 2 N–H and O–H groups in total. The molecule has 3 aromatic rings. The molecule has 1 aliphatic rings. The lowest BCUT2D eigenvalue weighted by Crippen LogP contribution is -2.28. The van der Waals surface area contributed by atoms with E-state index < -0.39 is 26.0 Å². The number of sulfonamides is 2. The molecule has 0 radical (unpaired) electrons. The van der Waals surface area contributed by atoms with Gasteiger partial charge in [0.15, 0.2) is 0 Å². The van der Waals surface area contributed by atoms with E-state index in [1.165, 1.54) is 66.7 Å². The van der Waals surface area contributed by atoms with Gasteiger partial charge in [-0.05, 0) is 78.7 Å². The molecular formula is C24H20Cl2N2O6S2. The lowest BCUT2D eigenvalue weighted by molar-refractivity contribution is -0.131. The largest absolute Gasteiger partial charge is 0.299 e. The van der Waals surface area contributed by atoms with Crippen molar-refractivity contribution in [3.05, 3.63) is 82.3 Å². The fourth-order valence-corrected chi connectivity index (χ4v) is 6.24. The van der Waals surface area contributed by atoms with E-state index in [9.17, 15) is 26.4 Å². The third kappa shape index (κ3) is 5.73. The van der Waals surface area contributed by atoms with E-state index >= 15 is 0 Å². The summed E-state index contributed by atoms with van der Waals surface area (Å²) in [5.74, 6) is -1.95. The van der Waals surface area contributed by atoms with Crippen molar-refractivity contribution in [3.63, 3.8) is 0 Å². The minimum absolute atomic E-state index is 0.00649. The van der Waals surface area contributed by atoms with Gasteiger partial charge in [0.25, 0.3) is 20.0 Å². The molecule has 0 amide bonds. The van der Waals surface area contributed by atoms with E-state index in [1.54, 1.807) is 0 Å². The fourth-order valence-electron chi connectivity index (χ4n) is 3.86. The lowest BCUT2D eigenvalue weighted by atomic mass is 9.81. The number of benzene rings is 3. The van der Waals surface area contributed by atoms with E-state index in [0.29, 0.717) is 16.5 Å². The van der Waals surface area contributed by atoms with E-state index in [2.05, 4.69) is 9.44 Å². The minimum atomic E-state index is -4.10. The van der Waals surface area contributed by atoms with E-state index in [1.807, 2.05) is 0 Å². The third-order valence-corrected chi connectivity index (χ3v) is 8.88. The van der Waals surface area contributed by atoms with Crippen LogP contribution >= 0.6 is 23.2 Å². The molecule has 1 aliphatic carbocycles. The number of anilines is 2. The van der Waals surface area contributed by atoms with Crippen molar-refractivity contribution in [3.8, 4) is 0 Å². The highest BCUT2D eigenvalue weighted by Gasteiger charge is 2.34. The summed E-state index contributed by atoms with van der Waals surface area (Å²) in [6.07, 6.45) is 0.712. The molecule has 0 bridgehead atoms. The number of Topliss-reactive ketones (excluding diaryl/α,β-unsaturated/α-hetero) is 2. The Bertz CT molecular complexity index is 1520. The first-order chi connectivity index (χ1) is 17.0. The molecule has 3 aromatic carbocycles. The molecule has 4 rings (SSSR count). The summed E-state index contributed by atoms with van der Waals surface area (Å²) in [4.78, 5) is 25.3. The van der Waals surface area contributed by atoms with Gasteiger partial charge in [-0.15, -0.1) is 0 Å². The van der Waals surface area contributed by atoms with Crippen molar-refractivity contribution in [2.75, 3.05) is 9.44 Å². The van der Waals surface area contributed by atoms with Gasteiger partial charge in [0, 0.05) is 28.6 Å². The number of hydrogen-bond acceptors (Lipinski definition) is 6. The Morgan fingerprint density at radius 2 is 1.14 bits per heavy atom. The van der Waals surface area contributed by atoms with Crippen LogP contribution in [-0.2, 0) is 29.6 Å². The maximum Gasteiger partial charge on any atom is 0.261 e. The molecule has 0 aliphatic heterocycles. The molecule has 1 fully saturated rings. The summed E-state index contributed by atoms with van der Waals surface area (Å²) in [5, 5.41) is 0.716. The van der Waals surface area contributed by atoms with Crippen LogP contribution in [0, 0.1) is 0 Å². The third-order valence-electron chi connectivity index (χ3n) is 5.60. The Morgan fingerprint density at radius 3 is 1.64 bits per heavy atom. The van der Waals surface area contributed by atoms with Gasteiger partial charge < -0.3 is 0 Å². The molecule has 12 heteroatoms. The van der Waals surface area contributed by atoms with Gasteiger partial charge in [-0.1, -0.05) is 23.2 Å². The van der Waals surface area contributed by atoms with Gasteiger partial charge >= 0.3 is 0 Å². The molecular weight excluding hydrogens is 547 g/mol. The van der Waals surface area contributed by atoms with Crippen LogP contribution in [0.1, 0.15) is 30.7 Å². The Kier molecular flexibility index (Phi) is 7.42. The van der Waals surface area contributed by atoms with Crippen molar-refractivity contribution in [2.45, 2.75) is 35.0 Å². The van der Waals surface area contributed by atoms with Gasteiger partial charge in [-0.25, -0.2) is 16.8 Å². The number of halogens is 2. The first-order valence-corrected chi connectivity index (χ1v) is 14.4. The van der Waals surface area contributed by atoms with Crippen LogP contribution in [0.15, 0.2) is 76.5 Å². The van der Waals surface area contributed by atoms with Gasteiger partial charge in [0.1, 0.15) is 17.5 Å². The van der Waals surface area contributed by atoms with Crippen molar-refractivity contribution in [2.24, 2.45) is 0 Å². The molecule has 188 valence electrons. The van der Waals surface area contributed by atoms with E-state index in [0.717, 1.165) is 0 Å². The van der Waals surface area contributed by atoms with Gasteiger partial charge in [-0.2, -0.15) is 0 Å². The number of carbonyl (C=O) groups excluding carboxylic acids is 2.